The number of rotatable bonds is 5. The molecule has 4 N–H and O–H groups in total. The van der Waals surface area contributed by atoms with Gasteiger partial charge in [0.1, 0.15) is 17.9 Å². The maximum absolute atomic E-state index is 12.9. The Hall–Kier alpha value is -4.18. The quantitative estimate of drug-likeness (QED) is 0.421. The minimum atomic E-state index is -0.812. The number of pyridine rings is 1. The van der Waals surface area contributed by atoms with Gasteiger partial charge < -0.3 is 25.3 Å². The molecule has 2 amide bonds. The summed E-state index contributed by atoms with van der Waals surface area (Å²) in [6, 6.07) is 5.82. The highest BCUT2D eigenvalue weighted by Gasteiger charge is 2.19. The number of fused-ring (bicyclic) bond motifs is 1. The minimum Gasteiger partial charge on any atom is -0.507 e. The number of carbonyl (C=O) groups excluding carboxylic acids is 2. The zero-order valence-corrected chi connectivity index (χ0v) is 17.5. The molecule has 32 heavy (non-hydrogen) atoms. The van der Waals surface area contributed by atoms with Crippen LogP contribution in [-0.4, -0.2) is 36.0 Å². The summed E-state index contributed by atoms with van der Waals surface area (Å²) in [5, 5.41) is 13.1. The van der Waals surface area contributed by atoms with Gasteiger partial charge in [-0.05, 0) is 23.8 Å². The molecule has 0 radical (unpaired) electrons. The number of phenols is 1. The van der Waals surface area contributed by atoms with E-state index in [1.54, 1.807) is 25.4 Å². The fourth-order valence-corrected chi connectivity index (χ4v) is 3.49. The Balaban J connectivity index is 1.80. The molecule has 0 saturated carbocycles. The Labute approximate surface area is 185 Å². The third kappa shape index (κ3) is 3.79. The van der Waals surface area contributed by atoms with Crippen LogP contribution in [0.2, 0.25) is 5.02 Å². The van der Waals surface area contributed by atoms with E-state index in [4.69, 9.17) is 17.3 Å². The van der Waals surface area contributed by atoms with Crippen LogP contribution in [-0.2, 0) is 18.4 Å². The summed E-state index contributed by atoms with van der Waals surface area (Å²) in [7, 11) is 1.56. The number of benzene rings is 1. The van der Waals surface area contributed by atoms with Crippen molar-refractivity contribution < 1.29 is 14.7 Å². The van der Waals surface area contributed by atoms with Crippen molar-refractivity contribution in [1.82, 2.24) is 19.1 Å². The lowest BCUT2D eigenvalue weighted by Crippen LogP contribution is -2.20. The lowest BCUT2D eigenvalue weighted by atomic mass is 10.0. The molecular formula is C21H17ClN6O4. The summed E-state index contributed by atoms with van der Waals surface area (Å²) >= 11 is 6.04. The number of hydrogen-bond donors (Lipinski definition) is 3. The van der Waals surface area contributed by atoms with E-state index in [-0.39, 0.29) is 39.5 Å². The van der Waals surface area contributed by atoms with E-state index >= 15 is 0 Å². The number of aryl methyl sites for hydroxylation is 1. The first kappa shape index (κ1) is 21.1. The van der Waals surface area contributed by atoms with Gasteiger partial charge in [-0.15, -0.1) is 0 Å². The number of nitrogens with zero attached hydrogens (tertiary/aromatic N) is 4. The van der Waals surface area contributed by atoms with E-state index in [1.807, 2.05) is 0 Å². The second kappa shape index (κ2) is 8.16. The van der Waals surface area contributed by atoms with Crippen LogP contribution in [0, 0.1) is 0 Å². The fourth-order valence-electron chi connectivity index (χ4n) is 3.33. The van der Waals surface area contributed by atoms with Crippen LogP contribution in [0.25, 0.3) is 22.2 Å². The Morgan fingerprint density at radius 1 is 1.28 bits per heavy atom. The maximum Gasteiger partial charge on any atom is 0.263 e. The summed E-state index contributed by atoms with van der Waals surface area (Å²) < 4.78 is 2.83. The zero-order valence-electron chi connectivity index (χ0n) is 16.7. The highest BCUT2D eigenvalue weighted by Crippen LogP contribution is 2.31. The van der Waals surface area contributed by atoms with Crippen molar-refractivity contribution in [2.24, 2.45) is 12.8 Å². The van der Waals surface area contributed by atoms with Crippen LogP contribution in [0.15, 0.2) is 54.0 Å². The Kier molecular flexibility index (Phi) is 5.37. The highest BCUT2D eigenvalue weighted by atomic mass is 35.5. The van der Waals surface area contributed by atoms with Crippen molar-refractivity contribution in [3.8, 4) is 16.9 Å². The van der Waals surface area contributed by atoms with Crippen molar-refractivity contribution in [2.75, 3.05) is 5.32 Å². The summed E-state index contributed by atoms with van der Waals surface area (Å²) in [4.78, 5) is 45.4. The van der Waals surface area contributed by atoms with Crippen LogP contribution < -0.4 is 16.6 Å². The van der Waals surface area contributed by atoms with E-state index < -0.39 is 11.8 Å². The van der Waals surface area contributed by atoms with Crippen LogP contribution in [0.3, 0.4) is 0 Å². The summed E-state index contributed by atoms with van der Waals surface area (Å²) in [6.45, 7) is -0.157. The van der Waals surface area contributed by atoms with E-state index in [1.165, 1.54) is 40.0 Å². The summed E-state index contributed by atoms with van der Waals surface area (Å²) in [5.74, 6) is -1.48. The first-order chi connectivity index (χ1) is 15.3. The van der Waals surface area contributed by atoms with Crippen LogP contribution in [0.4, 0.5) is 5.69 Å². The van der Waals surface area contributed by atoms with Gasteiger partial charge in [0.05, 0.1) is 28.0 Å². The van der Waals surface area contributed by atoms with E-state index in [9.17, 15) is 19.5 Å². The zero-order chi connectivity index (χ0) is 23.0. The van der Waals surface area contributed by atoms with E-state index in [2.05, 4.69) is 15.3 Å². The lowest BCUT2D eigenvalue weighted by molar-refractivity contribution is -0.116. The second-order valence-corrected chi connectivity index (χ2v) is 7.44. The molecule has 0 atom stereocenters. The monoisotopic (exact) mass is 452 g/mol. The summed E-state index contributed by atoms with van der Waals surface area (Å²) in [5.41, 5.74) is 6.49. The van der Waals surface area contributed by atoms with Crippen LogP contribution >= 0.6 is 11.6 Å². The molecule has 0 bridgehead atoms. The fraction of sp³-hybridized carbons (Fsp3) is 0.0952. The SMILES string of the molecule is Cn1cnc2c(c(-c3ccc(O)c(C(N)=O)c3)cn2CC(=O)Nc2ccncc2Cl)c1=O. The van der Waals surface area contributed by atoms with Crippen LogP contribution in [0.1, 0.15) is 10.4 Å². The normalized spacial score (nSPS) is 10.9. The molecule has 1 aromatic carbocycles. The molecular weight excluding hydrogens is 436 g/mol. The number of hydrogen-bond acceptors (Lipinski definition) is 6. The third-order valence-electron chi connectivity index (χ3n) is 4.87. The number of anilines is 1. The number of amides is 2. The second-order valence-electron chi connectivity index (χ2n) is 7.03. The van der Waals surface area contributed by atoms with Gasteiger partial charge in [-0.2, -0.15) is 0 Å². The van der Waals surface area contributed by atoms with Gasteiger partial charge in [-0.1, -0.05) is 17.7 Å². The van der Waals surface area contributed by atoms with Crippen molar-refractivity contribution in [1.29, 1.82) is 0 Å². The standard InChI is InChI=1S/C21H17ClN6O4/c1-27-10-25-20-18(21(27)32)13(11-2-3-16(29)12(6-11)19(23)31)8-28(20)9-17(30)26-15-4-5-24-7-14(15)22/h2-8,10,29H,9H2,1H3,(H2,23,31)(H,24,26,30). The number of nitrogens with two attached hydrogens (primary N) is 1. The molecule has 4 aromatic rings. The van der Waals surface area contributed by atoms with Gasteiger partial charge in [-0.25, -0.2) is 4.98 Å². The number of aromatic nitrogens is 4. The first-order valence-electron chi connectivity index (χ1n) is 9.33. The first-order valence-corrected chi connectivity index (χ1v) is 9.71. The smallest absolute Gasteiger partial charge is 0.263 e. The predicted octanol–water partition coefficient (Wildman–Crippen LogP) is 1.89. The average molecular weight is 453 g/mol. The molecule has 0 saturated heterocycles. The minimum absolute atomic E-state index is 0.0887. The van der Waals surface area contributed by atoms with Crippen molar-refractivity contribution in [2.45, 2.75) is 6.54 Å². The molecule has 0 unspecified atom stereocenters. The molecule has 4 rings (SSSR count). The van der Waals surface area contributed by atoms with Gasteiger partial charge in [0.25, 0.3) is 11.5 Å². The van der Waals surface area contributed by atoms with E-state index in [0.29, 0.717) is 16.8 Å². The average Bonchev–Trinajstić information content (AvgIpc) is 3.11. The molecule has 10 nitrogen and oxygen atoms in total. The maximum atomic E-state index is 12.9. The number of primary amides is 1. The van der Waals surface area contributed by atoms with Gasteiger partial charge in [0, 0.05) is 31.2 Å². The molecule has 0 aliphatic heterocycles. The number of aromatic hydroxyl groups is 1. The molecule has 162 valence electrons. The van der Waals surface area contributed by atoms with Crippen molar-refractivity contribution in [3.63, 3.8) is 0 Å². The van der Waals surface area contributed by atoms with Gasteiger partial charge in [0.2, 0.25) is 5.91 Å². The predicted molar refractivity (Wildman–Crippen MR) is 118 cm³/mol. The van der Waals surface area contributed by atoms with Gasteiger partial charge in [0.15, 0.2) is 0 Å². The molecule has 0 aliphatic rings. The van der Waals surface area contributed by atoms with Gasteiger partial charge >= 0.3 is 0 Å². The number of halogens is 1. The van der Waals surface area contributed by atoms with Crippen molar-refractivity contribution >= 4 is 40.1 Å². The lowest BCUT2D eigenvalue weighted by Gasteiger charge is -2.08. The molecule has 3 aromatic heterocycles. The summed E-state index contributed by atoms with van der Waals surface area (Å²) in [6.07, 6.45) is 5.85. The largest absolute Gasteiger partial charge is 0.507 e. The van der Waals surface area contributed by atoms with Gasteiger partial charge in [-0.3, -0.25) is 19.4 Å². The topological polar surface area (TPSA) is 145 Å². The molecule has 0 fully saturated rings. The Morgan fingerprint density at radius 3 is 2.78 bits per heavy atom. The number of carbonyl (C=O) groups is 2. The van der Waals surface area contributed by atoms with Crippen LogP contribution in [0.5, 0.6) is 5.75 Å². The molecule has 3 heterocycles. The highest BCUT2D eigenvalue weighted by molar-refractivity contribution is 6.33. The van der Waals surface area contributed by atoms with E-state index in [0.717, 1.165) is 0 Å². The Bertz CT molecular complexity index is 1440. The number of nitrogens with one attached hydrogen (secondary N) is 1. The van der Waals surface area contributed by atoms with Crippen molar-refractivity contribution in [3.05, 3.63) is 70.1 Å². The molecule has 11 heteroatoms. The third-order valence-corrected chi connectivity index (χ3v) is 5.17. The molecule has 0 aliphatic carbocycles. The Morgan fingerprint density at radius 2 is 2.06 bits per heavy atom. The molecule has 0 spiro atoms.